The highest BCUT2D eigenvalue weighted by Crippen LogP contribution is 2.31. The van der Waals surface area contributed by atoms with Gasteiger partial charge in [0.05, 0.1) is 12.3 Å². The molecule has 0 radical (unpaired) electrons. The van der Waals surface area contributed by atoms with Gasteiger partial charge in [0.1, 0.15) is 6.54 Å². The van der Waals surface area contributed by atoms with E-state index in [-0.39, 0.29) is 18.4 Å². The molecule has 152 valence electrons. The van der Waals surface area contributed by atoms with Crippen molar-refractivity contribution in [3.63, 3.8) is 0 Å². The molecular formula is C21H21N7O2. The Morgan fingerprint density at radius 1 is 1.27 bits per heavy atom. The number of hydrogen-bond acceptors (Lipinski definition) is 6. The molecule has 0 saturated heterocycles. The van der Waals surface area contributed by atoms with Crippen LogP contribution in [0.1, 0.15) is 30.1 Å². The van der Waals surface area contributed by atoms with Gasteiger partial charge in [-0.3, -0.25) is 9.48 Å². The minimum Gasteiger partial charge on any atom is -0.388 e. The zero-order chi connectivity index (χ0) is 20.7. The highest BCUT2D eigenvalue weighted by Gasteiger charge is 2.18. The minimum absolute atomic E-state index is 0.0831. The summed E-state index contributed by atoms with van der Waals surface area (Å²) >= 11 is 0. The molecule has 1 aliphatic rings. The summed E-state index contributed by atoms with van der Waals surface area (Å²) in [5.74, 6) is 0.0322. The molecule has 0 aliphatic heterocycles. The quantitative estimate of drug-likeness (QED) is 0.480. The Morgan fingerprint density at radius 3 is 3.07 bits per heavy atom. The van der Waals surface area contributed by atoms with Crippen molar-refractivity contribution in [2.24, 2.45) is 0 Å². The van der Waals surface area contributed by atoms with E-state index in [1.165, 1.54) is 0 Å². The number of aryl methyl sites for hydroxylation is 1. The number of aliphatic hydroxyl groups excluding tert-OH is 1. The monoisotopic (exact) mass is 403 g/mol. The van der Waals surface area contributed by atoms with Crippen LogP contribution in [0.2, 0.25) is 0 Å². The van der Waals surface area contributed by atoms with E-state index in [4.69, 9.17) is 5.73 Å². The lowest BCUT2D eigenvalue weighted by Gasteiger charge is -2.22. The molecule has 0 bridgehead atoms. The van der Waals surface area contributed by atoms with E-state index in [1.807, 2.05) is 36.5 Å². The maximum Gasteiger partial charge on any atom is 0.246 e. The van der Waals surface area contributed by atoms with Crippen molar-refractivity contribution in [1.29, 1.82) is 0 Å². The zero-order valence-corrected chi connectivity index (χ0v) is 16.2. The average Bonchev–Trinajstić information content (AvgIpc) is 3.33. The standard InChI is InChI=1S/C21H21N7O2/c22-21-25-19-8-14(6-7-28(19)26-21)15-10-23-27(11-15)12-20(30)24-16-5-4-13-2-1-3-18(29)17(13)9-16/h4-11,18,29H,1-3,12H2,(H2,22,26)(H,24,30). The largest absolute Gasteiger partial charge is 0.388 e. The summed E-state index contributed by atoms with van der Waals surface area (Å²) in [7, 11) is 0. The number of carbonyl (C=O) groups is 1. The predicted octanol–water partition coefficient (Wildman–Crippen LogP) is 2.18. The summed E-state index contributed by atoms with van der Waals surface area (Å²) in [6.07, 6.45) is 7.53. The van der Waals surface area contributed by atoms with Crippen molar-refractivity contribution < 1.29 is 9.90 Å². The lowest BCUT2D eigenvalue weighted by atomic mass is 9.89. The van der Waals surface area contributed by atoms with Crippen molar-refractivity contribution in [3.05, 3.63) is 60.0 Å². The molecular weight excluding hydrogens is 382 g/mol. The molecule has 1 amide bonds. The molecule has 5 rings (SSSR count). The van der Waals surface area contributed by atoms with Gasteiger partial charge in [-0.2, -0.15) is 10.1 Å². The molecule has 4 N–H and O–H groups in total. The van der Waals surface area contributed by atoms with Crippen LogP contribution in [0.15, 0.2) is 48.9 Å². The number of benzene rings is 1. The van der Waals surface area contributed by atoms with Gasteiger partial charge in [-0.15, -0.1) is 5.10 Å². The Hall–Kier alpha value is -3.72. The van der Waals surface area contributed by atoms with Crippen LogP contribution in [-0.2, 0) is 17.8 Å². The van der Waals surface area contributed by atoms with Crippen molar-refractivity contribution in [1.82, 2.24) is 24.4 Å². The number of anilines is 2. The average molecular weight is 403 g/mol. The zero-order valence-electron chi connectivity index (χ0n) is 16.2. The third kappa shape index (κ3) is 3.50. The van der Waals surface area contributed by atoms with E-state index in [0.29, 0.717) is 11.3 Å². The van der Waals surface area contributed by atoms with Crippen LogP contribution in [0.4, 0.5) is 11.6 Å². The van der Waals surface area contributed by atoms with Gasteiger partial charge in [0.15, 0.2) is 5.65 Å². The molecule has 9 nitrogen and oxygen atoms in total. The first-order valence-corrected chi connectivity index (χ1v) is 9.81. The molecule has 1 unspecified atom stereocenters. The number of nitrogens with two attached hydrogens (primary N) is 1. The molecule has 0 fully saturated rings. The van der Waals surface area contributed by atoms with Crippen LogP contribution < -0.4 is 11.1 Å². The summed E-state index contributed by atoms with van der Waals surface area (Å²) in [5, 5.41) is 21.4. The molecule has 1 atom stereocenters. The van der Waals surface area contributed by atoms with Crippen LogP contribution in [0.25, 0.3) is 16.8 Å². The second-order valence-corrected chi connectivity index (χ2v) is 7.48. The normalized spacial score (nSPS) is 15.8. The highest BCUT2D eigenvalue weighted by atomic mass is 16.3. The van der Waals surface area contributed by atoms with Crippen molar-refractivity contribution >= 4 is 23.2 Å². The second kappa shape index (κ2) is 7.27. The van der Waals surface area contributed by atoms with E-state index < -0.39 is 6.10 Å². The van der Waals surface area contributed by atoms with Gasteiger partial charge < -0.3 is 16.2 Å². The number of fused-ring (bicyclic) bond motifs is 2. The van der Waals surface area contributed by atoms with Crippen LogP contribution in [0, 0.1) is 0 Å². The number of hydrogen-bond donors (Lipinski definition) is 3. The number of nitrogen functional groups attached to an aromatic ring is 1. The van der Waals surface area contributed by atoms with Crippen molar-refractivity contribution in [2.45, 2.75) is 31.9 Å². The number of aromatic nitrogens is 5. The first-order chi connectivity index (χ1) is 14.5. The van der Waals surface area contributed by atoms with Crippen LogP contribution in [0.5, 0.6) is 0 Å². The minimum atomic E-state index is -0.461. The van der Waals surface area contributed by atoms with Gasteiger partial charge >= 0.3 is 0 Å². The van der Waals surface area contributed by atoms with Crippen LogP contribution >= 0.6 is 0 Å². The summed E-state index contributed by atoms with van der Waals surface area (Å²) in [6, 6.07) is 9.48. The van der Waals surface area contributed by atoms with Gasteiger partial charge in [-0.25, -0.2) is 4.52 Å². The van der Waals surface area contributed by atoms with Gasteiger partial charge in [0.25, 0.3) is 0 Å². The number of rotatable bonds is 4. The van der Waals surface area contributed by atoms with Crippen LogP contribution in [0.3, 0.4) is 0 Å². The Labute approximate surface area is 172 Å². The number of carbonyl (C=O) groups excluding carboxylic acids is 1. The predicted molar refractivity (Wildman–Crippen MR) is 112 cm³/mol. The van der Waals surface area contributed by atoms with Crippen LogP contribution in [-0.4, -0.2) is 35.4 Å². The lowest BCUT2D eigenvalue weighted by molar-refractivity contribution is -0.116. The van der Waals surface area contributed by atoms with E-state index in [2.05, 4.69) is 20.5 Å². The summed E-state index contributed by atoms with van der Waals surface area (Å²) in [4.78, 5) is 16.6. The van der Waals surface area contributed by atoms with Crippen molar-refractivity contribution in [2.75, 3.05) is 11.1 Å². The Balaban J connectivity index is 1.29. The first-order valence-electron chi connectivity index (χ1n) is 9.81. The van der Waals surface area contributed by atoms with E-state index in [1.54, 1.807) is 21.6 Å². The van der Waals surface area contributed by atoms with Gasteiger partial charge in [-0.1, -0.05) is 6.07 Å². The molecule has 30 heavy (non-hydrogen) atoms. The SMILES string of the molecule is Nc1nc2cc(-c3cnn(CC(=O)Nc4ccc5c(c4)C(O)CCC5)c3)ccn2n1. The highest BCUT2D eigenvalue weighted by molar-refractivity contribution is 5.90. The lowest BCUT2D eigenvalue weighted by Crippen LogP contribution is -2.19. The maximum absolute atomic E-state index is 12.5. The Kier molecular flexibility index (Phi) is 4.44. The number of amides is 1. The second-order valence-electron chi connectivity index (χ2n) is 7.48. The fourth-order valence-electron chi connectivity index (χ4n) is 3.88. The molecule has 1 aliphatic carbocycles. The summed E-state index contributed by atoms with van der Waals surface area (Å²) < 4.78 is 3.19. The van der Waals surface area contributed by atoms with E-state index in [0.717, 1.165) is 41.5 Å². The number of aliphatic hydroxyl groups is 1. The summed E-state index contributed by atoms with van der Waals surface area (Å²) in [5.41, 5.74) is 10.8. The topological polar surface area (TPSA) is 123 Å². The summed E-state index contributed by atoms with van der Waals surface area (Å²) in [6.45, 7) is 0.0831. The van der Waals surface area contributed by atoms with E-state index in [9.17, 15) is 9.90 Å². The molecule has 0 saturated carbocycles. The van der Waals surface area contributed by atoms with E-state index >= 15 is 0 Å². The molecule has 0 spiro atoms. The maximum atomic E-state index is 12.5. The third-order valence-corrected chi connectivity index (χ3v) is 5.34. The fourth-order valence-corrected chi connectivity index (χ4v) is 3.88. The van der Waals surface area contributed by atoms with Crippen molar-refractivity contribution in [3.8, 4) is 11.1 Å². The molecule has 3 aromatic heterocycles. The van der Waals surface area contributed by atoms with Gasteiger partial charge in [0, 0.05) is 23.6 Å². The van der Waals surface area contributed by atoms with Gasteiger partial charge in [-0.05, 0) is 60.2 Å². The fraction of sp³-hybridized carbons (Fsp3) is 0.238. The number of nitrogens with one attached hydrogen (secondary N) is 1. The third-order valence-electron chi connectivity index (χ3n) is 5.34. The van der Waals surface area contributed by atoms with Gasteiger partial charge in [0.2, 0.25) is 11.9 Å². The molecule has 4 aromatic rings. The first kappa shape index (κ1) is 18.3. The number of pyridine rings is 1. The molecule has 3 heterocycles. The smallest absolute Gasteiger partial charge is 0.246 e. The Morgan fingerprint density at radius 2 is 2.17 bits per heavy atom. The Bertz CT molecular complexity index is 1240. The number of nitrogens with zero attached hydrogens (tertiary/aromatic N) is 5. The molecule has 1 aromatic carbocycles. The molecule has 9 heteroatoms.